The van der Waals surface area contributed by atoms with Gasteiger partial charge in [0.25, 0.3) is 5.91 Å². The minimum atomic E-state index is -5.06. The fraction of sp³-hybridized carbons (Fsp3) is 0.414. The van der Waals surface area contributed by atoms with Crippen molar-refractivity contribution in [3.63, 3.8) is 0 Å². The average Bonchev–Trinajstić information content (AvgIpc) is 3.63. The number of ether oxygens (including phenoxy) is 1. The first-order chi connectivity index (χ1) is 21.0. The van der Waals surface area contributed by atoms with Crippen molar-refractivity contribution in [2.45, 2.75) is 31.4 Å². The number of aromatic amines is 2. The molecule has 0 spiro atoms. The zero-order chi connectivity index (χ0) is 31.1. The van der Waals surface area contributed by atoms with E-state index in [1.165, 1.54) is 4.90 Å². The molecule has 44 heavy (non-hydrogen) atoms. The van der Waals surface area contributed by atoms with Gasteiger partial charge in [0.2, 0.25) is 0 Å². The number of halogens is 6. The summed E-state index contributed by atoms with van der Waals surface area (Å²) in [6.07, 6.45) is -7.98. The maximum atomic E-state index is 13.8. The van der Waals surface area contributed by atoms with Gasteiger partial charge in [-0.05, 0) is 36.2 Å². The molecule has 2 aliphatic rings. The minimum Gasteiger partial charge on any atom is -0.378 e. The van der Waals surface area contributed by atoms with E-state index in [4.69, 9.17) is 4.74 Å². The second-order valence-corrected chi connectivity index (χ2v) is 10.9. The van der Waals surface area contributed by atoms with Crippen molar-refractivity contribution in [2.24, 2.45) is 0 Å². The number of nitrogens with zero attached hydrogens (tertiary/aromatic N) is 5. The number of carbonyl (C=O) groups is 1. The highest BCUT2D eigenvalue weighted by molar-refractivity contribution is 5.95. The van der Waals surface area contributed by atoms with Gasteiger partial charge in [0, 0.05) is 68.0 Å². The molecular formula is C29H29F6N7O2. The Morgan fingerprint density at radius 3 is 2.34 bits per heavy atom. The highest BCUT2D eigenvalue weighted by Crippen LogP contribution is 2.37. The van der Waals surface area contributed by atoms with Crippen molar-refractivity contribution >= 4 is 22.6 Å². The fourth-order valence-corrected chi connectivity index (χ4v) is 5.90. The molecule has 2 aromatic heterocycles. The van der Waals surface area contributed by atoms with Crippen LogP contribution in [0.25, 0.3) is 10.9 Å². The maximum Gasteiger partial charge on any atom is 0.416 e. The van der Waals surface area contributed by atoms with Crippen molar-refractivity contribution in [2.75, 3.05) is 50.8 Å². The van der Waals surface area contributed by atoms with E-state index in [2.05, 4.69) is 30.2 Å². The number of nitrogens with one attached hydrogen (secondary N) is 2. The van der Waals surface area contributed by atoms with Crippen LogP contribution >= 0.6 is 0 Å². The lowest BCUT2D eigenvalue weighted by molar-refractivity contribution is -0.143. The summed E-state index contributed by atoms with van der Waals surface area (Å²) in [7, 11) is 0. The van der Waals surface area contributed by atoms with E-state index in [-0.39, 0.29) is 12.6 Å². The summed E-state index contributed by atoms with van der Waals surface area (Å²) >= 11 is 0. The Hall–Kier alpha value is -4.11. The molecule has 1 amide bonds. The van der Waals surface area contributed by atoms with Crippen LogP contribution in [0.3, 0.4) is 0 Å². The first kappa shape index (κ1) is 29.9. The number of morpholine rings is 1. The number of carbonyl (C=O) groups excluding carboxylic acids is 1. The molecule has 0 radical (unpaired) electrons. The number of piperazine rings is 1. The summed E-state index contributed by atoms with van der Waals surface area (Å²) < 4.78 is 87.0. The predicted octanol–water partition coefficient (Wildman–Crippen LogP) is 4.73. The zero-order valence-electron chi connectivity index (χ0n) is 23.4. The second kappa shape index (κ2) is 11.8. The Morgan fingerprint density at radius 1 is 0.932 bits per heavy atom. The first-order valence-corrected chi connectivity index (χ1v) is 14.1. The van der Waals surface area contributed by atoms with Crippen LogP contribution < -0.4 is 4.90 Å². The highest BCUT2D eigenvalue weighted by Gasteiger charge is 2.39. The number of hydrogen-bond donors (Lipinski definition) is 2. The van der Waals surface area contributed by atoms with E-state index in [1.807, 2.05) is 30.5 Å². The summed E-state index contributed by atoms with van der Waals surface area (Å²) in [5.41, 5.74) is -1.26. The zero-order valence-corrected chi connectivity index (χ0v) is 23.4. The van der Waals surface area contributed by atoms with Crippen LogP contribution in [-0.4, -0.2) is 88.1 Å². The Bertz CT molecular complexity index is 1590. The Labute approximate surface area is 247 Å². The number of anilines is 1. The van der Waals surface area contributed by atoms with Crippen LogP contribution in [0.2, 0.25) is 0 Å². The molecule has 4 heterocycles. The van der Waals surface area contributed by atoms with Crippen molar-refractivity contribution < 1.29 is 35.9 Å². The number of fused-ring (bicyclic) bond motifs is 1. The molecule has 2 aliphatic heterocycles. The lowest BCUT2D eigenvalue weighted by atomic mass is 9.98. The summed E-state index contributed by atoms with van der Waals surface area (Å²) in [6.45, 7) is 3.55. The quantitative estimate of drug-likeness (QED) is 0.303. The molecule has 2 aromatic carbocycles. The Morgan fingerprint density at radius 2 is 1.64 bits per heavy atom. The smallest absolute Gasteiger partial charge is 0.378 e. The van der Waals surface area contributed by atoms with Crippen molar-refractivity contribution in [1.29, 1.82) is 0 Å². The van der Waals surface area contributed by atoms with Crippen molar-refractivity contribution in [1.82, 2.24) is 30.2 Å². The number of rotatable bonds is 6. The minimum absolute atomic E-state index is 0.0299. The maximum absolute atomic E-state index is 13.8. The molecule has 2 fully saturated rings. The number of aromatic nitrogens is 4. The van der Waals surface area contributed by atoms with Gasteiger partial charge in [0.1, 0.15) is 5.69 Å². The fourth-order valence-electron chi connectivity index (χ4n) is 5.90. The summed E-state index contributed by atoms with van der Waals surface area (Å²) in [5, 5.41) is 12.2. The molecule has 0 saturated carbocycles. The monoisotopic (exact) mass is 621 g/mol. The van der Waals surface area contributed by atoms with Gasteiger partial charge in [-0.1, -0.05) is 18.2 Å². The number of hydrogen-bond acceptors (Lipinski definition) is 6. The molecule has 234 valence electrons. The van der Waals surface area contributed by atoms with E-state index >= 15 is 0 Å². The molecular weight excluding hydrogens is 592 g/mol. The van der Waals surface area contributed by atoms with Gasteiger partial charge in [-0.25, -0.2) is 0 Å². The van der Waals surface area contributed by atoms with Gasteiger partial charge in [-0.2, -0.15) is 36.7 Å². The van der Waals surface area contributed by atoms with E-state index < -0.39 is 41.0 Å². The van der Waals surface area contributed by atoms with Crippen LogP contribution in [0.5, 0.6) is 0 Å². The van der Waals surface area contributed by atoms with E-state index in [0.717, 1.165) is 16.5 Å². The standard InChI is InChI=1S/C29H29F6N7O2/c30-28(31,32)20-11-18(12-21(14-20)29(33,34)35)27(43)42-6-5-40(17-25-26(38-39-37-25)41-7-9-44-10-8-41)16-22(42)13-19-15-36-24-4-2-1-3-23(19)24/h1-4,11-12,14-15,22,36H,5-10,13,16-17H2,(H,37,38,39)/t22-/m1/s1. The molecule has 0 bridgehead atoms. The third kappa shape index (κ3) is 6.24. The van der Waals surface area contributed by atoms with Crippen LogP contribution in [-0.2, 0) is 30.1 Å². The molecule has 9 nitrogen and oxygen atoms in total. The molecule has 15 heteroatoms. The Balaban J connectivity index is 1.30. The normalized spacial score (nSPS) is 18.7. The van der Waals surface area contributed by atoms with E-state index in [1.54, 1.807) is 0 Å². The van der Waals surface area contributed by atoms with Gasteiger partial charge < -0.3 is 19.5 Å². The molecule has 0 unspecified atom stereocenters. The summed E-state index contributed by atoms with van der Waals surface area (Å²) in [5.74, 6) is -0.190. The van der Waals surface area contributed by atoms with Gasteiger partial charge in [0.15, 0.2) is 5.82 Å². The molecule has 4 aromatic rings. The van der Waals surface area contributed by atoms with Crippen LogP contribution in [0.15, 0.2) is 48.7 Å². The molecule has 0 aliphatic carbocycles. The number of para-hydroxylation sites is 1. The van der Waals surface area contributed by atoms with Crippen LogP contribution in [0, 0.1) is 0 Å². The SMILES string of the molecule is O=C(c1cc(C(F)(F)F)cc(C(F)(F)F)c1)N1CCN(Cc2n[nH]nc2N2CCOCC2)C[C@H]1Cc1c[nH]c2ccccc12. The van der Waals surface area contributed by atoms with E-state index in [9.17, 15) is 31.1 Å². The lowest BCUT2D eigenvalue weighted by Gasteiger charge is -2.41. The Kier molecular flexibility index (Phi) is 8.01. The van der Waals surface area contributed by atoms with Crippen LogP contribution in [0.4, 0.5) is 32.2 Å². The van der Waals surface area contributed by atoms with Crippen molar-refractivity contribution in [3.8, 4) is 0 Å². The number of benzene rings is 2. The second-order valence-electron chi connectivity index (χ2n) is 10.9. The van der Waals surface area contributed by atoms with Gasteiger partial charge >= 0.3 is 12.4 Å². The molecule has 2 saturated heterocycles. The number of H-pyrrole nitrogens is 2. The molecule has 6 rings (SSSR count). The highest BCUT2D eigenvalue weighted by atomic mass is 19.4. The average molecular weight is 622 g/mol. The number of alkyl halides is 6. The number of amides is 1. The van der Waals surface area contributed by atoms with Crippen LogP contribution in [0.1, 0.15) is 32.7 Å². The van der Waals surface area contributed by atoms with Gasteiger partial charge in [0.05, 0.1) is 24.3 Å². The molecule has 1 atom stereocenters. The summed E-state index contributed by atoms with van der Waals surface area (Å²) in [6, 6.07) is 8.02. The summed E-state index contributed by atoms with van der Waals surface area (Å²) in [4.78, 5) is 22.5. The van der Waals surface area contributed by atoms with Gasteiger partial charge in [-0.15, -0.1) is 5.10 Å². The third-order valence-corrected chi connectivity index (χ3v) is 8.08. The predicted molar refractivity (Wildman–Crippen MR) is 148 cm³/mol. The topological polar surface area (TPSA) is 93.4 Å². The lowest BCUT2D eigenvalue weighted by Crippen LogP contribution is -2.55. The van der Waals surface area contributed by atoms with Gasteiger partial charge in [-0.3, -0.25) is 9.69 Å². The molecule has 2 N–H and O–H groups in total. The van der Waals surface area contributed by atoms with E-state index in [0.29, 0.717) is 76.0 Å². The third-order valence-electron chi connectivity index (χ3n) is 8.08. The largest absolute Gasteiger partial charge is 0.416 e. The first-order valence-electron chi connectivity index (χ1n) is 14.1. The van der Waals surface area contributed by atoms with Crippen molar-refractivity contribution in [3.05, 3.63) is 76.6 Å².